The third-order valence-electron chi connectivity index (χ3n) is 0. The van der Waals surface area contributed by atoms with Crippen molar-refractivity contribution in [1.82, 2.24) is 0 Å². The summed E-state index contributed by atoms with van der Waals surface area (Å²) in [7, 11) is -5.17. The van der Waals surface area contributed by atoms with Gasteiger partial charge in [-0.15, -0.1) is 0 Å². The summed E-state index contributed by atoms with van der Waals surface area (Å²) in [6, 6.07) is 0. The van der Waals surface area contributed by atoms with Crippen LogP contribution in [-0.4, -0.2) is 73.4 Å². The zero-order chi connectivity index (χ0) is 4.50. The van der Waals surface area contributed by atoms with E-state index in [0.29, 0.717) is 0 Å². The van der Waals surface area contributed by atoms with Crippen LogP contribution in [0.25, 0.3) is 0 Å². The molecule has 10 nitrogen and oxygen atoms in total. The Morgan fingerprint density at radius 3 is 0.643 bits per heavy atom. The Labute approximate surface area is 182 Å². The van der Waals surface area contributed by atoms with Crippen LogP contribution in [0.5, 0.6) is 0 Å². The molecule has 0 aliphatic carbocycles. The molecule has 0 atom stereocenters. The molecule has 0 radical (unpaired) electrons. The van der Waals surface area contributed by atoms with Gasteiger partial charge in [0.1, 0.15) is 0 Å². The van der Waals surface area contributed by atoms with Crippen LogP contribution in [-0.2, 0) is 10.4 Å². The Balaban J connectivity index is -0.00000000222. The largest absolute Gasteiger partial charge is 1.00 e. The van der Waals surface area contributed by atoms with Gasteiger partial charge in [-0.05, 0) is 0 Å². The standard InChI is InChI=1S/2K.Mg.H2O4S.6H2O.2H/c;;;1-5(2,3)4;;;;;;;;/h;;;(H2,1,2,3,4);6*1H2;;/q2*+1;;;;;;;;;;/p-2. The summed E-state index contributed by atoms with van der Waals surface area (Å²) in [4.78, 5) is 0. The molecule has 0 aliphatic heterocycles. The molecule has 0 aliphatic rings. The minimum atomic E-state index is -5.17. The molecule has 14 heavy (non-hydrogen) atoms. The SMILES string of the molecule is O.O.O.O.O.O.O=S(=O)([O-])[O-].[K+].[K+].[MgH2]. The number of hydrogen-bond donors (Lipinski definition) is 0. The van der Waals surface area contributed by atoms with Gasteiger partial charge in [-0.2, -0.15) is 0 Å². The molecule has 0 amide bonds. The van der Waals surface area contributed by atoms with Gasteiger partial charge in [-0.25, -0.2) is 0 Å². The van der Waals surface area contributed by atoms with Crippen molar-refractivity contribution in [2.75, 3.05) is 0 Å². The summed E-state index contributed by atoms with van der Waals surface area (Å²) in [5.74, 6) is 0. The predicted molar refractivity (Wildman–Crippen MR) is 40.7 cm³/mol. The first-order valence-corrected chi connectivity index (χ1v) is 2.00. The molecule has 0 rings (SSSR count). The second kappa shape index (κ2) is 43.8. The van der Waals surface area contributed by atoms with Crippen molar-refractivity contribution in [3.05, 3.63) is 0 Å². The van der Waals surface area contributed by atoms with Crippen molar-refractivity contribution in [1.29, 1.82) is 0 Å². The molecule has 84 valence electrons. The summed E-state index contributed by atoms with van der Waals surface area (Å²) < 4.78 is 34.1. The quantitative estimate of drug-likeness (QED) is 0.239. The van der Waals surface area contributed by atoms with E-state index >= 15 is 0 Å². The van der Waals surface area contributed by atoms with Gasteiger partial charge in [0.05, 0.1) is 0 Å². The van der Waals surface area contributed by atoms with Crippen LogP contribution >= 0.6 is 0 Å². The second-order valence-electron chi connectivity index (χ2n) is 0.408. The van der Waals surface area contributed by atoms with E-state index < -0.39 is 10.4 Å². The van der Waals surface area contributed by atoms with Crippen molar-refractivity contribution in [2.45, 2.75) is 0 Å². The van der Waals surface area contributed by atoms with E-state index in [9.17, 15) is 0 Å². The third kappa shape index (κ3) is 250. The average Bonchev–Trinajstić information content (AvgIpc) is 0.722. The summed E-state index contributed by atoms with van der Waals surface area (Å²) in [6.45, 7) is 0. The van der Waals surface area contributed by atoms with Gasteiger partial charge in [0, 0.05) is 10.4 Å². The van der Waals surface area contributed by atoms with E-state index in [2.05, 4.69) is 0 Å². The van der Waals surface area contributed by atoms with Crippen LogP contribution in [0.15, 0.2) is 0 Å². The fourth-order valence-electron chi connectivity index (χ4n) is 0. The minimum Gasteiger partial charge on any atom is -0.759 e. The van der Waals surface area contributed by atoms with E-state index in [4.69, 9.17) is 17.5 Å². The van der Waals surface area contributed by atoms with Gasteiger partial charge in [0.25, 0.3) is 0 Å². The van der Waals surface area contributed by atoms with Gasteiger partial charge in [0.2, 0.25) is 0 Å². The zero-order valence-corrected chi connectivity index (χ0v) is 14.1. The summed E-state index contributed by atoms with van der Waals surface area (Å²) in [6.07, 6.45) is 0. The molecule has 0 heterocycles. The molecule has 14 heteroatoms. The third-order valence-corrected chi connectivity index (χ3v) is 0. The first kappa shape index (κ1) is 83.5. The Hall–Kier alpha value is 3.67. The van der Waals surface area contributed by atoms with E-state index in [-0.39, 0.29) is 159 Å². The molecule has 0 unspecified atom stereocenters. The van der Waals surface area contributed by atoms with E-state index in [0.717, 1.165) is 0 Å². The molecular formula is H14K2MgO10S. The number of rotatable bonds is 0. The summed E-state index contributed by atoms with van der Waals surface area (Å²) >= 11 is 0. The Morgan fingerprint density at radius 1 is 0.643 bits per heavy atom. The van der Waals surface area contributed by atoms with Gasteiger partial charge in [-0.1, -0.05) is 0 Å². The molecule has 12 N–H and O–H groups in total. The predicted octanol–water partition coefficient (Wildman–Crippen LogP) is -13.2. The van der Waals surface area contributed by atoms with Gasteiger partial charge >= 0.3 is 126 Å². The number of hydrogen-bond acceptors (Lipinski definition) is 4. The Morgan fingerprint density at radius 2 is 0.643 bits per heavy atom. The molecular weight excluding hydrogens is 295 g/mol. The summed E-state index contributed by atoms with van der Waals surface area (Å²) in [5, 5.41) is 0. The van der Waals surface area contributed by atoms with Gasteiger partial charge < -0.3 is 42.0 Å². The second-order valence-corrected chi connectivity index (χ2v) is 1.22. The molecule has 0 saturated carbocycles. The van der Waals surface area contributed by atoms with E-state index in [1.165, 1.54) is 0 Å². The molecule has 0 fully saturated rings. The molecule has 0 aromatic carbocycles. The molecule has 0 aromatic rings. The summed E-state index contributed by atoms with van der Waals surface area (Å²) in [5.41, 5.74) is 0. The van der Waals surface area contributed by atoms with E-state index in [1.807, 2.05) is 0 Å². The van der Waals surface area contributed by atoms with Gasteiger partial charge in [-0.3, -0.25) is 8.42 Å². The Bertz CT molecular complexity index is 101. The fourth-order valence-corrected chi connectivity index (χ4v) is 0. The van der Waals surface area contributed by atoms with Crippen molar-refractivity contribution in [2.24, 2.45) is 0 Å². The van der Waals surface area contributed by atoms with Crippen LogP contribution < -0.4 is 103 Å². The van der Waals surface area contributed by atoms with E-state index in [1.54, 1.807) is 0 Å². The topological polar surface area (TPSA) is 269 Å². The van der Waals surface area contributed by atoms with Crippen molar-refractivity contribution in [3.63, 3.8) is 0 Å². The molecule has 0 aromatic heterocycles. The molecule has 0 bridgehead atoms. The van der Waals surface area contributed by atoms with Crippen molar-refractivity contribution in [3.8, 4) is 0 Å². The maximum absolute atomic E-state index is 8.52. The smallest absolute Gasteiger partial charge is 0.759 e. The zero-order valence-electron chi connectivity index (χ0n) is 7.04. The molecule has 0 spiro atoms. The van der Waals surface area contributed by atoms with Crippen LogP contribution in [0.2, 0.25) is 0 Å². The monoisotopic (exact) mass is 308 g/mol. The first-order chi connectivity index (χ1) is 2.00. The normalized spacial score (nSPS) is 4.14. The van der Waals surface area contributed by atoms with Crippen molar-refractivity contribution >= 4 is 33.5 Å². The van der Waals surface area contributed by atoms with Crippen LogP contribution in [0.1, 0.15) is 0 Å². The van der Waals surface area contributed by atoms with Crippen molar-refractivity contribution < 1.29 is 153 Å². The maximum Gasteiger partial charge on any atom is 1.00 e. The minimum absolute atomic E-state index is 0. The Kier molecular flexibility index (Phi) is 261. The van der Waals surface area contributed by atoms with Gasteiger partial charge in [0.15, 0.2) is 0 Å². The maximum atomic E-state index is 8.52. The first-order valence-electron chi connectivity index (χ1n) is 0.667. The average molecular weight is 309 g/mol. The van der Waals surface area contributed by atoms with Crippen LogP contribution in [0.3, 0.4) is 0 Å². The van der Waals surface area contributed by atoms with Crippen LogP contribution in [0.4, 0.5) is 0 Å². The van der Waals surface area contributed by atoms with Crippen LogP contribution in [0, 0.1) is 0 Å². The molecule has 0 saturated heterocycles. The fraction of sp³-hybridized carbons (Fsp3) is 0.